The van der Waals surface area contributed by atoms with Gasteiger partial charge in [0.25, 0.3) is 0 Å². The molecular weight excluding hydrogens is 368 g/mol. The fraction of sp³-hybridized carbons (Fsp3) is 0.391. The van der Waals surface area contributed by atoms with Crippen LogP contribution in [0.15, 0.2) is 60.7 Å². The molecule has 0 unspecified atom stereocenters. The number of hydrogen-bond acceptors (Lipinski definition) is 4. The van der Waals surface area contributed by atoms with Gasteiger partial charge in [-0.2, -0.15) is 0 Å². The number of ether oxygens (including phenoxy) is 2. The third-order valence-electron chi connectivity index (χ3n) is 4.68. The van der Waals surface area contributed by atoms with E-state index in [1.165, 1.54) is 0 Å². The lowest BCUT2D eigenvalue weighted by molar-refractivity contribution is 0.0211. The van der Waals surface area contributed by atoms with Crippen LogP contribution in [0.5, 0.6) is 0 Å². The molecule has 1 aliphatic heterocycles. The van der Waals surface area contributed by atoms with Crippen molar-refractivity contribution in [1.82, 2.24) is 10.2 Å². The normalized spacial score (nSPS) is 18.9. The third-order valence-corrected chi connectivity index (χ3v) is 4.68. The van der Waals surface area contributed by atoms with Crippen LogP contribution in [-0.4, -0.2) is 35.3 Å². The minimum atomic E-state index is -0.585. The molecule has 0 bridgehead atoms. The van der Waals surface area contributed by atoms with Crippen molar-refractivity contribution in [3.63, 3.8) is 0 Å². The Morgan fingerprint density at radius 3 is 2.28 bits per heavy atom. The van der Waals surface area contributed by atoms with E-state index in [-0.39, 0.29) is 24.8 Å². The number of carbonyl (C=O) groups is 2. The Hall–Kier alpha value is -3.02. The standard InChI is InChI=1S/C23H28N2O4/c1-23(2,3)29-22(27)25-15-14-19(20(25)18-12-8-5-9-13-18)24-21(26)28-16-17-10-6-4-7-11-17/h4-13,19-20H,14-16H2,1-3H3,(H,24,26)/t19-,20+/m0/s1. The molecular formula is C23H28N2O4. The summed E-state index contributed by atoms with van der Waals surface area (Å²) in [6, 6.07) is 18.6. The molecule has 29 heavy (non-hydrogen) atoms. The molecule has 2 aromatic rings. The molecule has 3 rings (SSSR count). The molecule has 154 valence electrons. The number of nitrogens with one attached hydrogen (secondary N) is 1. The Labute approximate surface area is 171 Å². The van der Waals surface area contributed by atoms with Crippen molar-refractivity contribution in [3.8, 4) is 0 Å². The van der Waals surface area contributed by atoms with Crippen molar-refractivity contribution in [2.75, 3.05) is 6.54 Å². The van der Waals surface area contributed by atoms with Crippen LogP contribution < -0.4 is 5.32 Å². The van der Waals surface area contributed by atoms with Gasteiger partial charge in [0.15, 0.2) is 0 Å². The summed E-state index contributed by atoms with van der Waals surface area (Å²) in [6.45, 7) is 6.23. The highest BCUT2D eigenvalue weighted by Gasteiger charge is 2.41. The summed E-state index contributed by atoms with van der Waals surface area (Å²) in [5, 5.41) is 2.93. The summed E-state index contributed by atoms with van der Waals surface area (Å²) >= 11 is 0. The summed E-state index contributed by atoms with van der Waals surface area (Å²) in [5.41, 5.74) is 1.28. The van der Waals surface area contributed by atoms with Crippen LogP contribution >= 0.6 is 0 Å². The number of benzene rings is 2. The molecule has 6 nitrogen and oxygen atoms in total. The number of amides is 2. The second kappa shape index (κ2) is 8.99. The molecule has 2 atom stereocenters. The van der Waals surface area contributed by atoms with Crippen molar-refractivity contribution in [3.05, 3.63) is 71.8 Å². The molecule has 2 aromatic carbocycles. The largest absolute Gasteiger partial charge is 0.445 e. The van der Waals surface area contributed by atoms with Crippen molar-refractivity contribution >= 4 is 12.2 Å². The van der Waals surface area contributed by atoms with Crippen molar-refractivity contribution in [2.24, 2.45) is 0 Å². The highest BCUT2D eigenvalue weighted by molar-refractivity contribution is 5.71. The highest BCUT2D eigenvalue weighted by Crippen LogP contribution is 2.33. The van der Waals surface area contributed by atoms with Crippen LogP contribution in [0.1, 0.15) is 44.4 Å². The smallest absolute Gasteiger partial charge is 0.410 e. The van der Waals surface area contributed by atoms with E-state index in [0.29, 0.717) is 13.0 Å². The van der Waals surface area contributed by atoms with Crippen LogP contribution in [0.4, 0.5) is 9.59 Å². The zero-order valence-corrected chi connectivity index (χ0v) is 17.1. The number of alkyl carbamates (subject to hydrolysis) is 1. The van der Waals surface area contributed by atoms with E-state index in [1.54, 1.807) is 4.90 Å². The predicted octanol–water partition coefficient (Wildman–Crippen LogP) is 4.66. The van der Waals surface area contributed by atoms with E-state index in [0.717, 1.165) is 11.1 Å². The van der Waals surface area contributed by atoms with Gasteiger partial charge in [0.05, 0.1) is 12.1 Å². The monoisotopic (exact) mass is 396 g/mol. The number of hydrogen-bond donors (Lipinski definition) is 1. The number of carbonyl (C=O) groups excluding carboxylic acids is 2. The van der Waals surface area contributed by atoms with Gasteiger partial charge in [0.2, 0.25) is 0 Å². The maximum atomic E-state index is 12.7. The summed E-state index contributed by atoms with van der Waals surface area (Å²) in [7, 11) is 0. The minimum Gasteiger partial charge on any atom is -0.445 e. The van der Waals surface area contributed by atoms with E-state index in [1.807, 2.05) is 81.4 Å². The first-order valence-corrected chi connectivity index (χ1v) is 9.85. The second-order valence-electron chi connectivity index (χ2n) is 8.13. The van der Waals surface area contributed by atoms with E-state index < -0.39 is 11.7 Å². The molecule has 1 heterocycles. The quantitative estimate of drug-likeness (QED) is 0.816. The SMILES string of the molecule is CC(C)(C)OC(=O)N1CC[C@H](NC(=O)OCc2ccccc2)[C@H]1c1ccccc1. The van der Waals surface area contributed by atoms with Gasteiger partial charge in [-0.25, -0.2) is 9.59 Å². The number of nitrogens with zero attached hydrogens (tertiary/aromatic N) is 1. The summed E-state index contributed by atoms with van der Waals surface area (Å²) in [5.74, 6) is 0. The van der Waals surface area contributed by atoms with Crippen LogP contribution in [0.3, 0.4) is 0 Å². The zero-order chi connectivity index (χ0) is 20.9. The van der Waals surface area contributed by atoms with Crippen molar-refractivity contribution in [1.29, 1.82) is 0 Å². The first-order chi connectivity index (χ1) is 13.8. The van der Waals surface area contributed by atoms with E-state index in [9.17, 15) is 9.59 Å². The van der Waals surface area contributed by atoms with Gasteiger partial charge in [0.1, 0.15) is 12.2 Å². The molecule has 1 fully saturated rings. The average Bonchev–Trinajstić information content (AvgIpc) is 3.10. The second-order valence-corrected chi connectivity index (χ2v) is 8.13. The van der Waals surface area contributed by atoms with Crippen LogP contribution in [0.2, 0.25) is 0 Å². The average molecular weight is 396 g/mol. The molecule has 0 saturated carbocycles. The number of likely N-dealkylation sites (tertiary alicyclic amines) is 1. The molecule has 0 radical (unpaired) electrons. The van der Waals surface area contributed by atoms with Gasteiger partial charge >= 0.3 is 12.2 Å². The van der Waals surface area contributed by atoms with E-state index in [4.69, 9.17) is 9.47 Å². The lowest BCUT2D eigenvalue weighted by Crippen LogP contribution is -2.42. The van der Waals surface area contributed by atoms with Gasteiger partial charge in [0, 0.05) is 6.54 Å². The summed E-state index contributed by atoms with van der Waals surface area (Å²) in [4.78, 5) is 26.8. The topological polar surface area (TPSA) is 67.9 Å². The third kappa shape index (κ3) is 5.73. The maximum Gasteiger partial charge on any atom is 0.410 e. The molecule has 0 aliphatic carbocycles. The first-order valence-electron chi connectivity index (χ1n) is 9.85. The van der Waals surface area contributed by atoms with Crippen LogP contribution in [0.25, 0.3) is 0 Å². The Morgan fingerprint density at radius 2 is 1.66 bits per heavy atom. The molecule has 2 amide bonds. The van der Waals surface area contributed by atoms with Gasteiger partial charge in [-0.05, 0) is 38.3 Å². The maximum absolute atomic E-state index is 12.7. The lowest BCUT2D eigenvalue weighted by atomic mass is 10.0. The molecule has 0 aromatic heterocycles. The zero-order valence-electron chi connectivity index (χ0n) is 17.1. The fourth-order valence-corrected chi connectivity index (χ4v) is 3.45. The predicted molar refractivity (Wildman–Crippen MR) is 110 cm³/mol. The van der Waals surface area contributed by atoms with E-state index in [2.05, 4.69) is 5.32 Å². The Kier molecular flexibility index (Phi) is 6.42. The Balaban J connectivity index is 1.70. The molecule has 0 spiro atoms. The lowest BCUT2D eigenvalue weighted by Gasteiger charge is -2.31. The van der Waals surface area contributed by atoms with Crippen LogP contribution in [-0.2, 0) is 16.1 Å². The van der Waals surface area contributed by atoms with Crippen molar-refractivity contribution < 1.29 is 19.1 Å². The van der Waals surface area contributed by atoms with Crippen molar-refractivity contribution in [2.45, 2.75) is 51.5 Å². The molecule has 1 saturated heterocycles. The highest BCUT2D eigenvalue weighted by atomic mass is 16.6. The number of rotatable bonds is 4. The Morgan fingerprint density at radius 1 is 1.03 bits per heavy atom. The summed E-state index contributed by atoms with van der Waals surface area (Å²) in [6.07, 6.45) is -0.252. The van der Waals surface area contributed by atoms with Gasteiger partial charge in [-0.15, -0.1) is 0 Å². The first kappa shape index (κ1) is 20.7. The molecule has 1 aliphatic rings. The minimum absolute atomic E-state index is 0.200. The van der Waals surface area contributed by atoms with E-state index >= 15 is 0 Å². The Bertz CT molecular complexity index is 818. The molecule has 6 heteroatoms. The summed E-state index contributed by atoms with van der Waals surface area (Å²) < 4.78 is 10.9. The molecule has 1 N–H and O–H groups in total. The van der Waals surface area contributed by atoms with Gasteiger partial charge in [-0.1, -0.05) is 60.7 Å². The van der Waals surface area contributed by atoms with Gasteiger partial charge in [-0.3, -0.25) is 4.90 Å². The van der Waals surface area contributed by atoms with Crippen LogP contribution in [0, 0.1) is 0 Å². The van der Waals surface area contributed by atoms with Gasteiger partial charge < -0.3 is 14.8 Å². The fourth-order valence-electron chi connectivity index (χ4n) is 3.45.